The highest BCUT2D eigenvalue weighted by molar-refractivity contribution is 5.84. The molecule has 0 aliphatic rings. The molecule has 0 unspecified atom stereocenters. The standard InChI is InChI=1S/C15H23N3/c1-8(2)12-11-7-16-15(10(5)6)18-14(11)13(17-12)9(3)4/h7-10,17H,1-6H3. The summed E-state index contributed by atoms with van der Waals surface area (Å²) in [6.45, 7) is 13.1. The van der Waals surface area contributed by atoms with Crippen molar-refractivity contribution in [2.24, 2.45) is 0 Å². The Bertz CT molecular complexity index is 550. The lowest BCUT2D eigenvalue weighted by atomic mass is 10.1. The van der Waals surface area contributed by atoms with Crippen molar-refractivity contribution in [3.05, 3.63) is 23.4 Å². The Labute approximate surface area is 109 Å². The first kappa shape index (κ1) is 13.1. The summed E-state index contributed by atoms with van der Waals surface area (Å²) in [7, 11) is 0. The lowest BCUT2D eigenvalue weighted by Crippen LogP contribution is -1.98. The van der Waals surface area contributed by atoms with Gasteiger partial charge >= 0.3 is 0 Å². The van der Waals surface area contributed by atoms with E-state index < -0.39 is 0 Å². The number of H-pyrrole nitrogens is 1. The molecule has 0 aliphatic carbocycles. The molecule has 0 saturated heterocycles. The highest BCUT2D eigenvalue weighted by Crippen LogP contribution is 2.30. The Kier molecular flexibility index (Phi) is 3.42. The summed E-state index contributed by atoms with van der Waals surface area (Å²) >= 11 is 0. The first-order chi connectivity index (χ1) is 8.41. The lowest BCUT2D eigenvalue weighted by Gasteiger charge is -2.05. The predicted molar refractivity (Wildman–Crippen MR) is 76.2 cm³/mol. The van der Waals surface area contributed by atoms with Crippen LogP contribution in [0.15, 0.2) is 6.20 Å². The van der Waals surface area contributed by atoms with Crippen molar-refractivity contribution in [3.8, 4) is 0 Å². The van der Waals surface area contributed by atoms with Gasteiger partial charge in [-0.3, -0.25) is 0 Å². The van der Waals surface area contributed by atoms with Crippen LogP contribution in [0.3, 0.4) is 0 Å². The van der Waals surface area contributed by atoms with E-state index in [4.69, 9.17) is 4.98 Å². The van der Waals surface area contributed by atoms with Gasteiger partial charge in [0.25, 0.3) is 0 Å². The van der Waals surface area contributed by atoms with Crippen molar-refractivity contribution in [3.63, 3.8) is 0 Å². The molecule has 1 N–H and O–H groups in total. The monoisotopic (exact) mass is 245 g/mol. The van der Waals surface area contributed by atoms with Gasteiger partial charge in [0.1, 0.15) is 5.82 Å². The van der Waals surface area contributed by atoms with Gasteiger partial charge in [-0.25, -0.2) is 9.97 Å². The summed E-state index contributed by atoms with van der Waals surface area (Å²) in [5.74, 6) is 2.22. The Balaban J connectivity index is 2.71. The van der Waals surface area contributed by atoms with E-state index in [-0.39, 0.29) is 0 Å². The Morgan fingerprint density at radius 3 is 2.00 bits per heavy atom. The van der Waals surface area contributed by atoms with Gasteiger partial charge in [-0.15, -0.1) is 0 Å². The minimum Gasteiger partial charge on any atom is -0.359 e. The third-order valence-corrected chi connectivity index (χ3v) is 3.29. The molecule has 2 heterocycles. The topological polar surface area (TPSA) is 41.6 Å². The van der Waals surface area contributed by atoms with Crippen molar-refractivity contribution >= 4 is 10.9 Å². The van der Waals surface area contributed by atoms with Crippen molar-refractivity contribution in [1.29, 1.82) is 0 Å². The maximum absolute atomic E-state index is 4.76. The molecule has 0 saturated carbocycles. The van der Waals surface area contributed by atoms with Gasteiger partial charge in [0.05, 0.1) is 5.52 Å². The second-order valence-electron chi connectivity index (χ2n) is 5.91. The van der Waals surface area contributed by atoms with E-state index in [1.807, 2.05) is 6.20 Å². The molecule has 0 atom stereocenters. The summed E-state index contributed by atoms with van der Waals surface area (Å²) < 4.78 is 0. The molecule has 0 amide bonds. The zero-order valence-electron chi connectivity index (χ0n) is 12.2. The van der Waals surface area contributed by atoms with Crippen LogP contribution in [0.5, 0.6) is 0 Å². The van der Waals surface area contributed by atoms with Crippen molar-refractivity contribution in [2.45, 2.75) is 59.3 Å². The quantitative estimate of drug-likeness (QED) is 0.874. The summed E-state index contributed by atoms with van der Waals surface area (Å²) in [5, 5.41) is 1.18. The molecule has 3 nitrogen and oxygen atoms in total. The van der Waals surface area contributed by atoms with Gasteiger partial charge in [0.15, 0.2) is 0 Å². The average molecular weight is 245 g/mol. The van der Waals surface area contributed by atoms with Crippen LogP contribution in [0.25, 0.3) is 10.9 Å². The van der Waals surface area contributed by atoms with Crippen molar-refractivity contribution < 1.29 is 0 Å². The number of hydrogen-bond donors (Lipinski definition) is 1. The largest absolute Gasteiger partial charge is 0.359 e. The van der Waals surface area contributed by atoms with Gasteiger partial charge < -0.3 is 4.98 Å². The van der Waals surface area contributed by atoms with Crippen LogP contribution in [0.2, 0.25) is 0 Å². The van der Waals surface area contributed by atoms with E-state index in [0.717, 1.165) is 11.3 Å². The van der Waals surface area contributed by atoms with E-state index in [2.05, 4.69) is 51.5 Å². The smallest absolute Gasteiger partial charge is 0.131 e. The first-order valence-corrected chi connectivity index (χ1v) is 6.80. The first-order valence-electron chi connectivity index (χ1n) is 6.80. The third kappa shape index (κ3) is 2.14. The maximum atomic E-state index is 4.76. The third-order valence-electron chi connectivity index (χ3n) is 3.29. The predicted octanol–water partition coefficient (Wildman–Crippen LogP) is 4.33. The molecular formula is C15H23N3. The van der Waals surface area contributed by atoms with Crippen LogP contribution in [-0.4, -0.2) is 15.0 Å². The fourth-order valence-corrected chi connectivity index (χ4v) is 2.22. The molecule has 2 rings (SSSR count). The molecule has 2 aromatic heterocycles. The number of rotatable bonds is 3. The zero-order valence-corrected chi connectivity index (χ0v) is 12.2. The van der Waals surface area contributed by atoms with Crippen LogP contribution in [0.4, 0.5) is 0 Å². The van der Waals surface area contributed by atoms with Crippen LogP contribution < -0.4 is 0 Å². The summed E-state index contributed by atoms with van der Waals surface area (Å²) in [4.78, 5) is 12.8. The summed E-state index contributed by atoms with van der Waals surface area (Å²) in [5.41, 5.74) is 3.59. The molecular weight excluding hydrogens is 222 g/mol. The van der Waals surface area contributed by atoms with E-state index in [1.54, 1.807) is 0 Å². The van der Waals surface area contributed by atoms with Gasteiger partial charge in [-0.1, -0.05) is 41.5 Å². The van der Waals surface area contributed by atoms with E-state index >= 15 is 0 Å². The zero-order chi connectivity index (χ0) is 13.4. The van der Waals surface area contributed by atoms with Crippen LogP contribution in [0.1, 0.15) is 76.5 Å². The number of aromatic amines is 1. The van der Waals surface area contributed by atoms with Crippen molar-refractivity contribution in [1.82, 2.24) is 15.0 Å². The normalized spacial score (nSPS) is 12.3. The number of aromatic nitrogens is 3. The molecule has 0 radical (unpaired) electrons. The molecule has 0 aliphatic heterocycles. The van der Waals surface area contributed by atoms with E-state index in [0.29, 0.717) is 17.8 Å². The second-order valence-corrected chi connectivity index (χ2v) is 5.91. The van der Waals surface area contributed by atoms with Gasteiger partial charge in [0, 0.05) is 28.9 Å². The lowest BCUT2D eigenvalue weighted by molar-refractivity contribution is 0.777. The highest BCUT2D eigenvalue weighted by atomic mass is 14.9. The van der Waals surface area contributed by atoms with Gasteiger partial charge in [0.2, 0.25) is 0 Å². The number of nitrogens with one attached hydrogen (secondary N) is 1. The van der Waals surface area contributed by atoms with E-state index in [1.165, 1.54) is 16.8 Å². The van der Waals surface area contributed by atoms with Crippen LogP contribution >= 0.6 is 0 Å². The number of hydrogen-bond acceptors (Lipinski definition) is 2. The Hall–Kier alpha value is -1.38. The summed E-state index contributed by atoms with van der Waals surface area (Å²) in [6, 6.07) is 0. The fraction of sp³-hybridized carbons (Fsp3) is 0.600. The molecule has 0 aromatic carbocycles. The number of fused-ring (bicyclic) bond motifs is 1. The molecule has 0 spiro atoms. The molecule has 0 bridgehead atoms. The fourth-order valence-electron chi connectivity index (χ4n) is 2.22. The van der Waals surface area contributed by atoms with Crippen molar-refractivity contribution in [2.75, 3.05) is 0 Å². The van der Waals surface area contributed by atoms with Gasteiger partial charge in [-0.2, -0.15) is 0 Å². The molecule has 18 heavy (non-hydrogen) atoms. The average Bonchev–Trinajstić information content (AvgIpc) is 2.67. The molecule has 0 fully saturated rings. The Morgan fingerprint density at radius 2 is 1.50 bits per heavy atom. The summed E-state index contributed by atoms with van der Waals surface area (Å²) in [6.07, 6.45) is 1.98. The molecule has 2 aromatic rings. The maximum Gasteiger partial charge on any atom is 0.131 e. The molecule has 98 valence electrons. The van der Waals surface area contributed by atoms with E-state index in [9.17, 15) is 0 Å². The highest BCUT2D eigenvalue weighted by Gasteiger charge is 2.17. The van der Waals surface area contributed by atoms with Gasteiger partial charge in [-0.05, 0) is 11.8 Å². The Morgan fingerprint density at radius 1 is 0.889 bits per heavy atom. The van der Waals surface area contributed by atoms with Crippen LogP contribution in [-0.2, 0) is 0 Å². The minimum absolute atomic E-state index is 0.367. The second kappa shape index (κ2) is 4.71. The number of nitrogens with zero attached hydrogens (tertiary/aromatic N) is 2. The SMILES string of the molecule is CC(C)c1ncc2c(C(C)C)[nH]c(C(C)C)c2n1. The molecule has 3 heteroatoms. The van der Waals surface area contributed by atoms with Crippen LogP contribution in [0, 0.1) is 0 Å². The minimum atomic E-state index is 0.367.